The molecule has 5 rings (SSSR count). The third kappa shape index (κ3) is 3.65. The molecule has 164 valence electrons. The minimum Gasteiger partial charge on any atom is -0.497 e. The summed E-state index contributed by atoms with van der Waals surface area (Å²) in [6, 6.07) is 17.1. The number of fused-ring (bicyclic) bond motifs is 3. The predicted octanol–water partition coefficient (Wildman–Crippen LogP) is 2.75. The Morgan fingerprint density at radius 3 is 2.78 bits per heavy atom. The molecular weight excluding hydrogens is 404 g/mol. The molecule has 7 nitrogen and oxygen atoms in total. The van der Waals surface area contributed by atoms with Gasteiger partial charge in [-0.2, -0.15) is 0 Å². The summed E-state index contributed by atoms with van der Waals surface area (Å²) in [7, 11) is 1.63. The summed E-state index contributed by atoms with van der Waals surface area (Å²) in [4.78, 5) is 28.5. The molecule has 2 aromatic carbocycles. The number of methoxy groups -OCH3 is 1. The van der Waals surface area contributed by atoms with Crippen molar-refractivity contribution in [3.63, 3.8) is 0 Å². The zero-order valence-corrected chi connectivity index (χ0v) is 18.1. The second-order valence-electron chi connectivity index (χ2n) is 8.11. The molecule has 0 radical (unpaired) electrons. The Labute approximate surface area is 185 Å². The zero-order valence-electron chi connectivity index (χ0n) is 18.1. The third-order valence-corrected chi connectivity index (χ3v) is 6.09. The fourth-order valence-electron chi connectivity index (χ4n) is 4.43. The number of amides is 1. The number of hydrogen-bond donors (Lipinski definition) is 1. The molecular formula is C25H26N4O3. The lowest BCUT2D eigenvalue weighted by molar-refractivity contribution is 0.0766. The van der Waals surface area contributed by atoms with E-state index in [0.29, 0.717) is 24.2 Å². The first-order valence-corrected chi connectivity index (χ1v) is 10.9. The van der Waals surface area contributed by atoms with Gasteiger partial charge in [0.25, 0.3) is 11.5 Å². The maximum atomic E-state index is 13.4. The summed E-state index contributed by atoms with van der Waals surface area (Å²) >= 11 is 0. The molecule has 0 bridgehead atoms. The number of hydrogen-bond acceptors (Lipinski definition) is 4. The van der Waals surface area contributed by atoms with Crippen LogP contribution in [-0.2, 0) is 6.54 Å². The van der Waals surface area contributed by atoms with E-state index in [-0.39, 0.29) is 11.5 Å². The van der Waals surface area contributed by atoms with Gasteiger partial charge in [-0.3, -0.25) is 9.59 Å². The van der Waals surface area contributed by atoms with Crippen LogP contribution in [0.15, 0.2) is 65.6 Å². The molecule has 0 atom stereocenters. The second-order valence-corrected chi connectivity index (χ2v) is 8.11. The van der Waals surface area contributed by atoms with Crippen LogP contribution in [0.3, 0.4) is 0 Å². The first-order valence-electron chi connectivity index (χ1n) is 10.9. The highest BCUT2D eigenvalue weighted by Gasteiger charge is 2.19. The quantitative estimate of drug-likeness (QED) is 0.541. The van der Waals surface area contributed by atoms with E-state index < -0.39 is 0 Å². The molecule has 1 amide bonds. The van der Waals surface area contributed by atoms with Crippen molar-refractivity contribution in [3.8, 4) is 5.75 Å². The van der Waals surface area contributed by atoms with Crippen LogP contribution in [0.4, 0.5) is 0 Å². The van der Waals surface area contributed by atoms with Crippen molar-refractivity contribution in [3.05, 3.63) is 82.3 Å². The molecule has 1 aliphatic rings. The van der Waals surface area contributed by atoms with E-state index in [2.05, 4.69) is 5.32 Å². The summed E-state index contributed by atoms with van der Waals surface area (Å²) in [5, 5.41) is 3.33. The van der Waals surface area contributed by atoms with Gasteiger partial charge < -0.3 is 23.9 Å². The summed E-state index contributed by atoms with van der Waals surface area (Å²) in [5.74, 6) is 0.748. The van der Waals surface area contributed by atoms with Gasteiger partial charge >= 0.3 is 0 Å². The first kappa shape index (κ1) is 20.3. The molecule has 0 saturated carbocycles. The van der Waals surface area contributed by atoms with E-state index >= 15 is 0 Å². The Morgan fingerprint density at radius 1 is 1.00 bits per heavy atom. The van der Waals surface area contributed by atoms with E-state index in [1.807, 2.05) is 70.1 Å². The van der Waals surface area contributed by atoms with Crippen molar-refractivity contribution >= 4 is 22.5 Å². The van der Waals surface area contributed by atoms with Crippen LogP contribution in [0, 0.1) is 0 Å². The van der Waals surface area contributed by atoms with Crippen molar-refractivity contribution in [2.75, 3.05) is 33.3 Å². The number of carbonyl (C=O) groups excluding carboxylic acids is 1. The SMILES string of the molecule is COc1cccc(Cn2c(=O)c3cccn3c3ccc(C(=O)N4CCCNCC4)cc32)c1. The molecule has 1 fully saturated rings. The van der Waals surface area contributed by atoms with Gasteiger partial charge in [0, 0.05) is 31.4 Å². The Hall–Kier alpha value is -3.58. The van der Waals surface area contributed by atoms with Crippen molar-refractivity contribution in [1.29, 1.82) is 0 Å². The zero-order chi connectivity index (χ0) is 22.1. The average molecular weight is 431 g/mol. The number of rotatable bonds is 4. The lowest BCUT2D eigenvalue weighted by Crippen LogP contribution is -2.34. The summed E-state index contributed by atoms with van der Waals surface area (Å²) in [5.41, 5.74) is 3.71. The van der Waals surface area contributed by atoms with E-state index in [9.17, 15) is 9.59 Å². The lowest BCUT2D eigenvalue weighted by Gasteiger charge is -2.21. The van der Waals surface area contributed by atoms with Gasteiger partial charge in [-0.25, -0.2) is 0 Å². The standard InChI is InChI=1S/C25H26N4O3/c1-32-20-6-2-5-18(15-20)17-29-23-16-19(24(30)27-12-4-10-26-11-14-27)8-9-21(23)28-13-3-7-22(28)25(29)31/h2-3,5-9,13,15-16,26H,4,10-12,14,17H2,1H3. The highest BCUT2D eigenvalue weighted by molar-refractivity contribution is 5.97. The van der Waals surface area contributed by atoms with Gasteiger partial charge in [0.15, 0.2) is 0 Å². The van der Waals surface area contributed by atoms with Crippen molar-refractivity contribution in [2.45, 2.75) is 13.0 Å². The van der Waals surface area contributed by atoms with Crippen molar-refractivity contribution in [2.24, 2.45) is 0 Å². The average Bonchev–Trinajstić information content (AvgIpc) is 3.16. The van der Waals surface area contributed by atoms with E-state index in [1.54, 1.807) is 11.7 Å². The van der Waals surface area contributed by atoms with Gasteiger partial charge in [-0.1, -0.05) is 12.1 Å². The fraction of sp³-hybridized carbons (Fsp3) is 0.280. The molecule has 1 N–H and O–H groups in total. The number of aromatic nitrogens is 2. The topological polar surface area (TPSA) is 68.0 Å². The monoisotopic (exact) mass is 430 g/mol. The number of nitrogens with one attached hydrogen (secondary N) is 1. The Kier molecular flexibility index (Phi) is 5.41. The maximum absolute atomic E-state index is 13.4. The van der Waals surface area contributed by atoms with Crippen LogP contribution in [0.1, 0.15) is 22.3 Å². The number of ether oxygens (including phenoxy) is 1. The maximum Gasteiger partial charge on any atom is 0.275 e. The van der Waals surface area contributed by atoms with Crippen LogP contribution in [0.25, 0.3) is 16.6 Å². The number of benzene rings is 2. The summed E-state index contributed by atoms with van der Waals surface area (Å²) in [6.45, 7) is 3.53. The molecule has 3 heterocycles. The van der Waals surface area contributed by atoms with E-state index in [4.69, 9.17) is 4.74 Å². The fourth-order valence-corrected chi connectivity index (χ4v) is 4.43. The molecule has 0 aliphatic carbocycles. The smallest absolute Gasteiger partial charge is 0.275 e. The minimum atomic E-state index is -0.0890. The van der Waals surface area contributed by atoms with E-state index in [1.165, 1.54) is 0 Å². The van der Waals surface area contributed by atoms with Crippen LogP contribution in [0.2, 0.25) is 0 Å². The van der Waals surface area contributed by atoms with Crippen LogP contribution < -0.4 is 15.6 Å². The van der Waals surface area contributed by atoms with E-state index in [0.717, 1.165) is 48.4 Å². The molecule has 7 heteroatoms. The first-order chi connectivity index (χ1) is 15.7. The minimum absolute atomic E-state index is 0.00332. The molecule has 2 aromatic heterocycles. The van der Waals surface area contributed by atoms with Gasteiger partial charge in [-0.05, 0) is 61.0 Å². The van der Waals surface area contributed by atoms with Crippen molar-refractivity contribution < 1.29 is 9.53 Å². The van der Waals surface area contributed by atoms with Crippen molar-refractivity contribution in [1.82, 2.24) is 19.2 Å². The normalized spacial score (nSPS) is 14.6. The van der Waals surface area contributed by atoms with Gasteiger partial charge in [0.2, 0.25) is 0 Å². The molecule has 0 unspecified atom stereocenters. The van der Waals surface area contributed by atoms with Crippen LogP contribution >= 0.6 is 0 Å². The predicted molar refractivity (Wildman–Crippen MR) is 125 cm³/mol. The molecule has 32 heavy (non-hydrogen) atoms. The Bertz CT molecular complexity index is 1350. The second kappa shape index (κ2) is 8.51. The summed E-state index contributed by atoms with van der Waals surface area (Å²) in [6.07, 6.45) is 2.82. The largest absolute Gasteiger partial charge is 0.497 e. The number of carbonyl (C=O) groups is 1. The Morgan fingerprint density at radius 2 is 1.91 bits per heavy atom. The highest BCUT2D eigenvalue weighted by Crippen LogP contribution is 2.21. The Balaban J connectivity index is 1.64. The molecule has 1 saturated heterocycles. The molecule has 4 aromatic rings. The molecule has 0 spiro atoms. The third-order valence-electron chi connectivity index (χ3n) is 6.09. The van der Waals surface area contributed by atoms with Crippen LogP contribution in [0.5, 0.6) is 5.75 Å². The number of nitrogens with zero attached hydrogens (tertiary/aromatic N) is 3. The summed E-state index contributed by atoms with van der Waals surface area (Å²) < 4.78 is 8.99. The molecule has 1 aliphatic heterocycles. The van der Waals surface area contributed by atoms with Gasteiger partial charge in [0.05, 0.1) is 24.7 Å². The lowest BCUT2D eigenvalue weighted by atomic mass is 10.1. The van der Waals surface area contributed by atoms with Gasteiger partial charge in [0.1, 0.15) is 11.3 Å². The van der Waals surface area contributed by atoms with Gasteiger partial charge in [-0.15, -0.1) is 0 Å². The van der Waals surface area contributed by atoms with Crippen LogP contribution in [-0.4, -0.2) is 53.1 Å². The highest BCUT2D eigenvalue weighted by atomic mass is 16.5.